The van der Waals surface area contributed by atoms with Crippen LogP contribution in [0.1, 0.15) is 72.3 Å². The van der Waals surface area contributed by atoms with Gasteiger partial charge in [0.2, 0.25) is 0 Å². The van der Waals surface area contributed by atoms with E-state index in [0.717, 1.165) is 54.7 Å². The molecule has 2 N–H and O–H groups in total. The van der Waals surface area contributed by atoms with E-state index in [9.17, 15) is 13.6 Å². The number of benzene rings is 2. The number of aryl methyl sites for hydroxylation is 2. The normalized spacial score (nSPS) is 23.5. The van der Waals surface area contributed by atoms with Crippen molar-refractivity contribution in [2.75, 3.05) is 18.5 Å². The molecule has 0 aliphatic carbocycles. The predicted octanol–water partition coefficient (Wildman–Crippen LogP) is 5.76. The number of amides is 2. The molecule has 7 rings (SSSR count). The Morgan fingerprint density at radius 2 is 1.88 bits per heavy atom. The third kappa shape index (κ3) is 4.35. The highest BCUT2D eigenvalue weighted by Gasteiger charge is 2.36. The van der Waals surface area contributed by atoms with Gasteiger partial charge in [0.1, 0.15) is 0 Å². The van der Waals surface area contributed by atoms with Crippen LogP contribution in [0, 0.1) is 0 Å². The van der Waals surface area contributed by atoms with E-state index in [1.165, 1.54) is 24.0 Å². The molecule has 210 valence electrons. The van der Waals surface area contributed by atoms with E-state index in [1.54, 1.807) is 37.2 Å². The summed E-state index contributed by atoms with van der Waals surface area (Å²) in [5.74, 6) is 0.464. The Morgan fingerprint density at radius 1 is 1.07 bits per heavy atom. The van der Waals surface area contributed by atoms with Gasteiger partial charge < -0.3 is 20.4 Å². The van der Waals surface area contributed by atoms with Crippen LogP contribution < -0.4 is 15.5 Å². The average molecular weight is 547 g/mol. The maximum atomic E-state index is 14.5. The fourth-order valence-electron chi connectivity index (χ4n) is 7.51. The summed E-state index contributed by atoms with van der Waals surface area (Å²) in [5, 5.41) is 10.7. The minimum Gasteiger partial charge on any atom is -0.341 e. The zero-order valence-corrected chi connectivity index (χ0v) is 23.1. The third-order valence-electron chi connectivity index (χ3n) is 9.41. The maximum Gasteiger partial charge on any atom is 0.317 e. The van der Waals surface area contributed by atoms with E-state index < -0.39 is 6.43 Å². The number of nitrogens with zero attached hydrogens (tertiary/aromatic N) is 4. The molecule has 0 spiro atoms. The zero-order valence-electron chi connectivity index (χ0n) is 23.1. The Morgan fingerprint density at radius 3 is 2.58 bits per heavy atom. The number of hydrogen-bond donors (Lipinski definition) is 2. The number of halogens is 2. The summed E-state index contributed by atoms with van der Waals surface area (Å²) in [7, 11) is 3.46. The lowest BCUT2D eigenvalue weighted by Gasteiger charge is -2.35. The summed E-state index contributed by atoms with van der Waals surface area (Å²) < 4.78 is 30.7. The van der Waals surface area contributed by atoms with Gasteiger partial charge in [0, 0.05) is 73.5 Å². The summed E-state index contributed by atoms with van der Waals surface area (Å²) in [5.41, 5.74) is 7.93. The van der Waals surface area contributed by atoms with Crippen molar-refractivity contribution in [1.82, 2.24) is 25.3 Å². The number of nitrogens with one attached hydrogen (secondary N) is 2. The van der Waals surface area contributed by atoms with Crippen molar-refractivity contribution in [2.45, 2.75) is 76.0 Å². The van der Waals surface area contributed by atoms with E-state index in [2.05, 4.69) is 32.8 Å². The van der Waals surface area contributed by atoms with Crippen molar-refractivity contribution >= 4 is 17.4 Å². The largest absolute Gasteiger partial charge is 0.341 e. The minimum atomic E-state index is -2.60. The van der Waals surface area contributed by atoms with Gasteiger partial charge >= 0.3 is 6.03 Å². The summed E-state index contributed by atoms with van der Waals surface area (Å²) in [4.78, 5) is 16.7. The van der Waals surface area contributed by atoms with Crippen LogP contribution in [-0.4, -0.2) is 46.4 Å². The van der Waals surface area contributed by atoms with Crippen LogP contribution in [0.15, 0.2) is 36.7 Å². The van der Waals surface area contributed by atoms with Gasteiger partial charge in [-0.05, 0) is 84.9 Å². The number of rotatable bonds is 4. The summed E-state index contributed by atoms with van der Waals surface area (Å²) in [6.45, 7) is 1.84. The molecule has 1 aromatic heterocycles. The molecule has 2 fully saturated rings. The second-order valence-electron chi connectivity index (χ2n) is 11.9. The fraction of sp³-hybridized carbons (Fsp3) is 0.484. The van der Waals surface area contributed by atoms with Crippen molar-refractivity contribution in [3.63, 3.8) is 0 Å². The Hall–Kier alpha value is -3.46. The first kappa shape index (κ1) is 25.5. The number of anilines is 2. The zero-order chi connectivity index (χ0) is 27.5. The minimum absolute atomic E-state index is 0.0355. The second kappa shape index (κ2) is 9.87. The molecule has 40 heavy (non-hydrogen) atoms. The molecule has 2 amide bonds. The molecule has 2 saturated heterocycles. The number of fused-ring (bicyclic) bond motifs is 4. The molecule has 2 atom stereocenters. The van der Waals surface area contributed by atoms with Gasteiger partial charge in [-0.3, -0.25) is 4.68 Å². The molecule has 4 aliphatic heterocycles. The molecule has 3 aromatic rings. The lowest BCUT2D eigenvalue weighted by molar-refractivity contribution is 0.152. The second-order valence-corrected chi connectivity index (χ2v) is 11.9. The van der Waals surface area contributed by atoms with Crippen molar-refractivity contribution in [3.05, 3.63) is 64.5 Å². The van der Waals surface area contributed by atoms with Gasteiger partial charge in [0.25, 0.3) is 6.43 Å². The van der Waals surface area contributed by atoms with Crippen LogP contribution in [0.4, 0.5) is 25.0 Å². The summed E-state index contributed by atoms with van der Waals surface area (Å²) >= 11 is 0. The number of carbonyl (C=O) groups is 1. The van der Waals surface area contributed by atoms with E-state index in [1.807, 2.05) is 11.0 Å². The number of alkyl halides is 2. The van der Waals surface area contributed by atoms with E-state index in [4.69, 9.17) is 0 Å². The third-order valence-corrected chi connectivity index (χ3v) is 9.41. The Balaban J connectivity index is 1.34. The Kier molecular flexibility index (Phi) is 6.29. The molecule has 0 saturated carbocycles. The molecule has 2 unspecified atom stereocenters. The van der Waals surface area contributed by atoms with Crippen molar-refractivity contribution < 1.29 is 13.6 Å². The van der Waals surface area contributed by atoms with Crippen LogP contribution in [0.25, 0.3) is 11.1 Å². The molecular weight excluding hydrogens is 510 g/mol. The topological polar surface area (TPSA) is 65.4 Å². The van der Waals surface area contributed by atoms with Crippen LogP contribution in [0.2, 0.25) is 0 Å². The lowest BCUT2D eigenvalue weighted by Crippen LogP contribution is -2.37. The van der Waals surface area contributed by atoms with Gasteiger partial charge in [-0.2, -0.15) is 5.10 Å². The Labute approximate surface area is 233 Å². The number of piperidine rings is 1. The van der Waals surface area contributed by atoms with E-state index in [-0.39, 0.29) is 11.6 Å². The first-order chi connectivity index (χ1) is 19.4. The van der Waals surface area contributed by atoms with Crippen molar-refractivity contribution in [3.8, 4) is 11.1 Å². The van der Waals surface area contributed by atoms with Crippen LogP contribution in [0.3, 0.4) is 0 Å². The van der Waals surface area contributed by atoms with Gasteiger partial charge in [-0.1, -0.05) is 6.07 Å². The maximum absolute atomic E-state index is 14.5. The standard InChI is InChI=1S/C31H36F2N6O/c1-34-31(40)38-16-21-8-19(20-9-23-5-6-24(10-20)36-23)12-29(27(21)17-38)39-7-3-4-18-11-25(22-14-35-37(2)15-22)26(30(32)33)13-28(18)39/h8,11-15,20,23-24,30,36H,3-7,9-10,16-17H2,1-2H3,(H,34,40). The van der Waals surface area contributed by atoms with Crippen LogP contribution >= 0.6 is 0 Å². The summed E-state index contributed by atoms with van der Waals surface area (Å²) in [6.07, 6.45) is 7.33. The molecule has 2 bridgehead atoms. The average Bonchev–Trinajstić information content (AvgIpc) is 3.68. The Bertz CT molecular complexity index is 1460. The molecule has 9 heteroatoms. The van der Waals surface area contributed by atoms with Gasteiger partial charge in [0.05, 0.1) is 12.7 Å². The summed E-state index contributed by atoms with van der Waals surface area (Å²) in [6, 6.07) is 9.33. The van der Waals surface area contributed by atoms with E-state index >= 15 is 0 Å². The number of hydrogen-bond acceptors (Lipinski definition) is 4. The fourth-order valence-corrected chi connectivity index (χ4v) is 7.51. The van der Waals surface area contributed by atoms with Gasteiger partial charge in [-0.15, -0.1) is 0 Å². The molecule has 0 radical (unpaired) electrons. The number of aromatic nitrogens is 2. The van der Waals surface area contributed by atoms with Crippen LogP contribution in [0.5, 0.6) is 0 Å². The van der Waals surface area contributed by atoms with Crippen molar-refractivity contribution in [1.29, 1.82) is 0 Å². The van der Waals surface area contributed by atoms with Gasteiger partial charge in [-0.25, -0.2) is 13.6 Å². The number of urea groups is 1. The monoisotopic (exact) mass is 546 g/mol. The molecule has 7 nitrogen and oxygen atoms in total. The molecule has 5 heterocycles. The van der Waals surface area contributed by atoms with E-state index in [0.29, 0.717) is 42.2 Å². The smallest absolute Gasteiger partial charge is 0.317 e. The predicted molar refractivity (Wildman–Crippen MR) is 151 cm³/mol. The highest BCUT2D eigenvalue weighted by molar-refractivity contribution is 5.80. The SMILES string of the molecule is CNC(=O)N1Cc2cc(C3CC4CCC(C3)N4)cc(N3CCCc4cc(-c5cnn(C)c5)c(C(F)F)cc43)c2C1. The van der Waals surface area contributed by atoms with Crippen LogP contribution in [-0.2, 0) is 26.6 Å². The number of carbonyl (C=O) groups excluding carboxylic acids is 1. The highest BCUT2D eigenvalue weighted by atomic mass is 19.3. The molecular formula is C31H36F2N6O. The lowest BCUT2D eigenvalue weighted by atomic mass is 9.84. The highest BCUT2D eigenvalue weighted by Crippen LogP contribution is 2.46. The molecule has 4 aliphatic rings. The first-order valence-corrected chi connectivity index (χ1v) is 14.5. The van der Waals surface area contributed by atoms with Crippen molar-refractivity contribution in [2.24, 2.45) is 7.05 Å². The quantitative estimate of drug-likeness (QED) is 0.437. The van der Waals surface area contributed by atoms with Gasteiger partial charge in [0.15, 0.2) is 0 Å². The first-order valence-electron chi connectivity index (χ1n) is 14.5. The molecule has 2 aromatic carbocycles.